The number of hydrogen-bond donors (Lipinski definition) is 0. The fourth-order valence-corrected chi connectivity index (χ4v) is 4.21. The number of rotatable bonds is 4. The molecule has 2 aromatic heterocycles. The van der Waals surface area contributed by atoms with E-state index in [4.69, 9.17) is 4.42 Å². The summed E-state index contributed by atoms with van der Waals surface area (Å²) in [7, 11) is 1.88. The third-order valence-electron chi connectivity index (χ3n) is 4.65. The molecular formula is C19H20N4O2S. The minimum absolute atomic E-state index is 0.0926. The Labute approximate surface area is 156 Å². The molecule has 0 saturated carbocycles. The van der Waals surface area contributed by atoms with Gasteiger partial charge in [0.15, 0.2) is 16.7 Å². The molecular weight excluding hydrogens is 348 g/mol. The molecule has 0 fully saturated rings. The highest BCUT2D eigenvalue weighted by Crippen LogP contribution is 2.35. The van der Waals surface area contributed by atoms with Crippen LogP contribution in [-0.4, -0.2) is 32.0 Å². The summed E-state index contributed by atoms with van der Waals surface area (Å²) in [6.07, 6.45) is 2.50. The van der Waals surface area contributed by atoms with Gasteiger partial charge in [-0.25, -0.2) is 0 Å². The number of nitrogens with zero attached hydrogens (tertiary/aromatic N) is 4. The Hall–Kier alpha value is -2.54. The second-order valence-electron chi connectivity index (χ2n) is 6.49. The van der Waals surface area contributed by atoms with Gasteiger partial charge >= 0.3 is 0 Å². The van der Waals surface area contributed by atoms with Crippen LogP contribution in [0.2, 0.25) is 0 Å². The van der Waals surface area contributed by atoms with Crippen molar-refractivity contribution in [1.82, 2.24) is 14.8 Å². The highest BCUT2D eigenvalue weighted by Gasteiger charge is 2.34. The normalized spacial score (nSPS) is 17.3. The Morgan fingerprint density at radius 1 is 1.27 bits per heavy atom. The third kappa shape index (κ3) is 2.82. The van der Waals surface area contributed by atoms with Crippen molar-refractivity contribution in [2.75, 3.05) is 4.90 Å². The summed E-state index contributed by atoms with van der Waals surface area (Å²) in [6.45, 7) is 4.01. The lowest BCUT2D eigenvalue weighted by Crippen LogP contribution is -2.40. The molecule has 0 bridgehead atoms. The number of benzene rings is 1. The van der Waals surface area contributed by atoms with Gasteiger partial charge in [0.05, 0.1) is 11.5 Å². The summed E-state index contributed by atoms with van der Waals surface area (Å²) < 4.78 is 7.25. The molecule has 0 radical (unpaired) electrons. The lowest BCUT2D eigenvalue weighted by Gasteiger charge is -2.25. The minimum atomic E-state index is -0.268. The van der Waals surface area contributed by atoms with Gasteiger partial charge < -0.3 is 13.9 Å². The van der Waals surface area contributed by atoms with Gasteiger partial charge in [-0.2, -0.15) is 0 Å². The Morgan fingerprint density at radius 3 is 2.85 bits per heavy atom. The SMILES string of the molecule is C[C@@H](Sc1nnc(-c2ccco2)n1C)C(=O)N1c2ccccc2C[C@@H]1C. The van der Waals surface area contributed by atoms with Crippen LogP contribution in [0, 0.1) is 0 Å². The lowest BCUT2D eigenvalue weighted by molar-refractivity contribution is -0.118. The van der Waals surface area contributed by atoms with Gasteiger partial charge in [-0.3, -0.25) is 4.79 Å². The number of fused-ring (bicyclic) bond motifs is 1. The maximum Gasteiger partial charge on any atom is 0.240 e. The molecule has 6 nitrogen and oxygen atoms in total. The van der Waals surface area contributed by atoms with E-state index in [1.54, 1.807) is 6.26 Å². The number of carbonyl (C=O) groups is 1. The molecule has 0 aliphatic carbocycles. The molecule has 1 aromatic carbocycles. The average Bonchev–Trinajstić information content (AvgIpc) is 3.33. The van der Waals surface area contributed by atoms with Gasteiger partial charge in [-0.15, -0.1) is 10.2 Å². The fraction of sp³-hybridized carbons (Fsp3) is 0.316. The number of aromatic nitrogens is 3. The molecule has 7 heteroatoms. The molecule has 0 unspecified atom stereocenters. The van der Waals surface area contributed by atoms with Crippen molar-refractivity contribution in [3.8, 4) is 11.6 Å². The number of hydrogen-bond acceptors (Lipinski definition) is 5. The standard InChI is InChI=1S/C19H20N4O2S/c1-12-11-14-7-4-5-8-15(14)23(12)18(24)13(2)26-19-21-20-17(22(19)3)16-9-6-10-25-16/h4-10,12-13H,11H2,1-3H3/t12-,13+/m0/s1. The molecule has 1 amide bonds. The zero-order valence-corrected chi connectivity index (χ0v) is 15.7. The van der Waals surface area contributed by atoms with Gasteiger partial charge in [-0.1, -0.05) is 30.0 Å². The Balaban J connectivity index is 1.54. The zero-order valence-electron chi connectivity index (χ0n) is 14.9. The molecule has 3 heterocycles. The molecule has 0 N–H and O–H groups in total. The number of furan rings is 1. The molecule has 0 saturated heterocycles. The molecule has 134 valence electrons. The van der Waals surface area contributed by atoms with Crippen molar-refractivity contribution in [2.45, 2.75) is 36.7 Å². The van der Waals surface area contributed by atoms with E-state index in [0.717, 1.165) is 12.1 Å². The van der Waals surface area contributed by atoms with Gasteiger partial charge in [0.1, 0.15) is 0 Å². The Kier molecular flexibility index (Phi) is 4.32. The average molecular weight is 368 g/mol. The van der Waals surface area contributed by atoms with Crippen molar-refractivity contribution in [2.24, 2.45) is 7.05 Å². The van der Waals surface area contributed by atoms with Crippen molar-refractivity contribution in [3.05, 3.63) is 48.2 Å². The summed E-state index contributed by atoms with van der Waals surface area (Å²) >= 11 is 1.42. The molecule has 1 aliphatic heterocycles. The van der Waals surface area contributed by atoms with Crippen molar-refractivity contribution in [3.63, 3.8) is 0 Å². The van der Waals surface area contributed by atoms with Gasteiger partial charge in [0, 0.05) is 18.8 Å². The van der Waals surface area contributed by atoms with E-state index in [2.05, 4.69) is 23.2 Å². The van der Waals surface area contributed by atoms with Crippen LogP contribution in [0.1, 0.15) is 19.4 Å². The quantitative estimate of drug-likeness (QED) is 0.659. The highest BCUT2D eigenvalue weighted by atomic mass is 32.2. The van der Waals surface area contributed by atoms with Crippen LogP contribution in [0.25, 0.3) is 11.6 Å². The molecule has 3 aromatic rings. The summed E-state index contributed by atoms with van der Waals surface area (Å²) in [4.78, 5) is 15.0. The predicted octanol–water partition coefficient (Wildman–Crippen LogP) is 3.53. The number of anilines is 1. The largest absolute Gasteiger partial charge is 0.461 e. The van der Waals surface area contributed by atoms with Gasteiger partial charge in [0.25, 0.3) is 0 Å². The number of para-hydroxylation sites is 1. The summed E-state index contributed by atoms with van der Waals surface area (Å²) in [5.41, 5.74) is 2.25. The van der Waals surface area contributed by atoms with Crippen LogP contribution in [-0.2, 0) is 18.3 Å². The van der Waals surface area contributed by atoms with E-state index in [0.29, 0.717) is 16.7 Å². The van der Waals surface area contributed by atoms with Crippen LogP contribution in [0.4, 0.5) is 5.69 Å². The van der Waals surface area contributed by atoms with Crippen molar-refractivity contribution >= 4 is 23.4 Å². The summed E-state index contributed by atoms with van der Waals surface area (Å²) in [5, 5.41) is 8.85. The van der Waals surface area contributed by atoms with Crippen molar-refractivity contribution < 1.29 is 9.21 Å². The van der Waals surface area contributed by atoms with Crippen LogP contribution in [0.15, 0.2) is 52.2 Å². The number of thioether (sulfide) groups is 1. The zero-order chi connectivity index (χ0) is 18.3. The predicted molar refractivity (Wildman–Crippen MR) is 101 cm³/mol. The highest BCUT2D eigenvalue weighted by molar-refractivity contribution is 8.00. The van der Waals surface area contributed by atoms with Crippen molar-refractivity contribution in [1.29, 1.82) is 0 Å². The lowest BCUT2D eigenvalue weighted by atomic mass is 10.1. The summed E-state index contributed by atoms with van der Waals surface area (Å²) in [5.74, 6) is 1.40. The van der Waals surface area contributed by atoms with E-state index in [1.807, 2.05) is 53.8 Å². The second kappa shape index (κ2) is 6.64. The fourth-order valence-electron chi connectivity index (χ4n) is 3.34. The van der Waals surface area contributed by atoms with Crippen LogP contribution in [0.5, 0.6) is 0 Å². The summed E-state index contributed by atoms with van der Waals surface area (Å²) in [6, 6.07) is 11.9. The second-order valence-corrected chi connectivity index (χ2v) is 7.80. The number of carbonyl (C=O) groups excluding carboxylic acids is 1. The molecule has 4 rings (SSSR count). The topological polar surface area (TPSA) is 64.2 Å². The number of amides is 1. The first-order valence-corrected chi connectivity index (χ1v) is 9.45. The van der Waals surface area contributed by atoms with E-state index < -0.39 is 0 Å². The third-order valence-corrected chi connectivity index (χ3v) is 5.77. The van der Waals surface area contributed by atoms with Gasteiger partial charge in [0.2, 0.25) is 5.91 Å². The Bertz CT molecular complexity index is 935. The molecule has 1 aliphatic rings. The van der Waals surface area contributed by atoms with Crippen LogP contribution >= 0.6 is 11.8 Å². The van der Waals surface area contributed by atoms with E-state index in [9.17, 15) is 4.79 Å². The van der Waals surface area contributed by atoms with E-state index in [1.165, 1.54) is 17.3 Å². The first-order valence-electron chi connectivity index (χ1n) is 8.57. The first-order chi connectivity index (χ1) is 12.6. The maximum atomic E-state index is 13.1. The first kappa shape index (κ1) is 16.9. The Morgan fingerprint density at radius 2 is 2.08 bits per heavy atom. The smallest absolute Gasteiger partial charge is 0.240 e. The van der Waals surface area contributed by atoms with Gasteiger partial charge in [-0.05, 0) is 44.0 Å². The molecule has 26 heavy (non-hydrogen) atoms. The maximum absolute atomic E-state index is 13.1. The monoisotopic (exact) mass is 368 g/mol. The molecule has 0 spiro atoms. The van der Waals surface area contributed by atoms with E-state index >= 15 is 0 Å². The molecule has 2 atom stereocenters. The minimum Gasteiger partial charge on any atom is -0.461 e. The van der Waals surface area contributed by atoms with Crippen LogP contribution in [0.3, 0.4) is 0 Å². The van der Waals surface area contributed by atoms with E-state index in [-0.39, 0.29) is 17.2 Å². The van der Waals surface area contributed by atoms with Crippen LogP contribution < -0.4 is 4.90 Å².